The quantitative estimate of drug-likeness (QED) is 0.703. The monoisotopic (exact) mass is 275 g/mol. The molecule has 0 saturated carbocycles. The van der Waals surface area contributed by atoms with Crippen molar-refractivity contribution in [3.63, 3.8) is 0 Å². The number of nitrogens with one attached hydrogen (secondary N) is 1. The number of fused-ring (bicyclic) bond motifs is 1. The molecule has 0 fully saturated rings. The van der Waals surface area contributed by atoms with E-state index >= 15 is 0 Å². The van der Waals surface area contributed by atoms with Crippen LogP contribution >= 0.6 is 11.6 Å². The zero-order valence-corrected chi connectivity index (χ0v) is 10.7. The number of aromatic nitrogens is 2. The Bertz CT molecular complexity index is 734. The van der Waals surface area contributed by atoms with Crippen LogP contribution in [0.4, 0.5) is 10.1 Å². The van der Waals surface area contributed by atoms with E-state index in [1.807, 2.05) is 0 Å². The van der Waals surface area contributed by atoms with Gasteiger partial charge in [-0.3, -0.25) is 0 Å². The average molecular weight is 276 g/mol. The molecule has 1 heterocycles. The van der Waals surface area contributed by atoms with E-state index in [2.05, 4.69) is 9.97 Å². The maximum absolute atomic E-state index is 12.8. The fraction of sp³-hybridized carbons (Fsp3) is 0.0714. The van der Waals surface area contributed by atoms with Crippen LogP contribution in [0.1, 0.15) is 11.4 Å². The van der Waals surface area contributed by atoms with Gasteiger partial charge in [0.05, 0.1) is 11.2 Å². The minimum atomic E-state index is -0.246. The zero-order valence-electron chi connectivity index (χ0n) is 9.95. The lowest BCUT2D eigenvalue weighted by atomic mass is 10.1. The van der Waals surface area contributed by atoms with E-state index < -0.39 is 0 Å². The summed E-state index contributed by atoms with van der Waals surface area (Å²) in [5, 5.41) is 0.571. The third-order valence-electron chi connectivity index (χ3n) is 2.91. The van der Waals surface area contributed by atoms with Gasteiger partial charge in [-0.15, -0.1) is 0 Å². The normalized spacial score (nSPS) is 11.1. The lowest BCUT2D eigenvalue weighted by Gasteiger charge is -1.97. The van der Waals surface area contributed by atoms with Crippen LogP contribution in [-0.4, -0.2) is 9.97 Å². The van der Waals surface area contributed by atoms with E-state index in [0.717, 1.165) is 16.9 Å². The van der Waals surface area contributed by atoms with Crippen molar-refractivity contribution in [2.24, 2.45) is 0 Å². The summed E-state index contributed by atoms with van der Waals surface area (Å²) in [6.07, 6.45) is 0.589. The molecular weight excluding hydrogens is 265 g/mol. The predicted molar refractivity (Wildman–Crippen MR) is 74.7 cm³/mol. The highest BCUT2D eigenvalue weighted by Gasteiger charge is 2.08. The molecule has 19 heavy (non-hydrogen) atoms. The Morgan fingerprint density at radius 1 is 1.21 bits per heavy atom. The van der Waals surface area contributed by atoms with Crippen LogP contribution in [-0.2, 0) is 6.42 Å². The predicted octanol–water partition coefficient (Wildman–Crippen LogP) is 3.53. The molecule has 0 amide bonds. The topological polar surface area (TPSA) is 54.7 Å². The maximum atomic E-state index is 12.8. The first-order chi connectivity index (χ1) is 9.11. The number of nitrogens with two attached hydrogens (primary N) is 1. The van der Waals surface area contributed by atoms with E-state index in [4.69, 9.17) is 17.3 Å². The number of imidazole rings is 1. The first-order valence-electron chi connectivity index (χ1n) is 5.80. The van der Waals surface area contributed by atoms with E-state index in [0.29, 0.717) is 22.6 Å². The van der Waals surface area contributed by atoms with E-state index in [1.165, 1.54) is 12.1 Å². The molecule has 5 heteroatoms. The molecule has 0 bridgehead atoms. The van der Waals surface area contributed by atoms with Gasteiger partial charge >= 0.3 is 0 Å². The van der Waals surface area contributed by atoms with Gasteiger partial charge in [0, 0.05) is 11.4 Å². The highest BCUT2D eigenvalue weighted by atomic mass is 35.5. The lowest BCUT2D eigenvalue weighted by molar-refractivity contribution is 0.627. The van der Waals surface area contributed by atoms with Crippen molar-refractivity contribution in [2.75, 3.05) is 5.73 Å². The van der Waals surface area contributed by atoms with Crippen LogP contribution in [0.25, 0.3) is 11.0 Å². The maximum Gasteiger partial charge on any atom is 0.123 e. The third kappa shape index (κ3) is 2.39. The van der Waals surface area contributed by atoms with Gasteiger partial charge in [-0.25, -0.2) is 9.37 Å². The van der Waals surface area contributed by atoms with Crippen LogP contribution in [0.2, 0.25) is 5.02 Å². The Labute approximate surface area is 114 Å². The van der Waals surface area contributed by atoms with Gasteiger partial charge in [0.25, 0.3) is 0 Å². The molecule has 0 radical (unpaired) electrons. The number of halogens is 2. The molecule has 3 aromatic rings. The molecule has 0 aliphatic rings. The first-order valence-corrected chi connectivity index (χ1v) is 6.17. The summed E-state index contributed by atoms with van der Waals surface area (Å²) in [6.45, 7) is 0. The highest BCUT2D eigenvalue weighted by molar-refractivity contribution is 6.31. The molecule has 96 valence electrons. The fourth-order valence-electron chi connectivity index (χ4n) is 2.04. The van der Waals surface area contributed by atoms with Gasteiger partial charge in [0.2, 0.25) is 0 Å². The summed E-state index contributed by atoms with van der Waals surface area (Å²) < 4.78 is 12.8. The second-order valence-electron chi connectivity index (χ2n) is 4.38. The van der Waals surface area contributed by atoms with Gasteiger partial charge in [0.1, 0.15) is 17.2 Å². The molecule has 0 spiro atoms. The van der Waals surface area contributed by atoms with Crippen LogP contribution in [0, 0.1) is 5.82 Å². The molecule has 3 nitrogen and oxygen atoms in total. The molecule has 0 unspecified atom stereocenters. The zero-order chi connectivity index (χ0) is 13.4. The summed E-state index contributed by atoms with van der Waals surface area (Å²) in [6, 6.07) is 9.80. The molecular formula is C14H11ClFN3. The van der Waals surface area contributed by atoms with E-state index in [-0.39, 0.29) is 5.82 Å². The van der Waals surface area contributed by atoms with Gasteiger partial charge < -0.3 is 10.7 Å². The minimum absolute atomic E-state index is 0.246. The van der Waals surface area contributed by atoms with Crippen molar-refractivity contribution in [1.82, 2.24) is 9.97 Å². The fourth-order valence-corrected chi connectivity index (χ4v) is 2.26. The summed E-state index contributed by atoms with van der Waals surface area (Å²) in [4.78, 5) is 7.61. The Hall–Kier alpha value is -2.07. The molecule has 1 aromatic heterocycles. The molecule has 0 saturated heterocycles. The molecule has 0 aliphatic heterocycles. The Balaban J connectivity index is 1.97. The second kappa shape index (κ2) is 4.55. The largest absolute Gasteiger partial charge is 0.397 e. The van der Waals surface area contributed by atoms with Crippen molar-refractivity contribution in [2.45, 2.75) is 6.42 Å². The van der Waals surface area contributed by atoms with E-state index in [1.54, 1.807) is 24.3 Å². The minimum Gasteiger partial charge on any atom is -0.397 e. The van der Waals surface area contributed by atoms with E-state index in [9.17, 15) is 4.39 Å². The van der Waals surface area contributed by atoms with Crippen molar-refractivity contribution in [1.29, 1.82) is 0 Å². The van der Waals surface area contributed by atoms with Gasteiger partial charge in [-0.05, 0) is 29.8 Å². The molecule has 3 rings (SSSR count). The van der Waals surface area contributed by atoms with Crippen molar-refractivity contribution >= 4 is 28.3 Å². The molecule has 2 aromatic carbocycles. The Kier molecular flexibility index (Phi) is 2.87. The van der Waals surface area contributed by atoms with Crippen molar-refractivity contribution in [3.8, 4) is 0 Å². The van der Waals surface area contributed by atoms with Crippen molar-refractivity contribution in [3.05, 3.63) is 58.6 Å². The summed E-state index contributed by atoms with van der Waals surface area (Å²) in [7, 11) is 0. The van der Waals surface area contributed by atoms with Gasteiger partial charge in [0.15, 0.2) is 0 Å². The SMILES string of the molecule is Nc1cc(Cl)cc2[nH]c(Cc3ccc(F)cc3)nc12. The number of benzene rings is 2. The molecule has 0 aliphatic carbocycles. The van der Waals surface area contributed by atoms with Gasteiger partial charge in [-0.2, -0.15) is 0 Å². The molecule has 0 atom stereocenters. The number of rotatable bonds is 2. The molecule has 3 N–H and O–H groups in total. The smallest absolute Gasteiger partial charge is 0.123 e. The summed E-state index contributed by atoms with van der Waals surface area (Å²) in [5.41, 5.74) is 8.91. The number of nitrogen functional groups attached to an aromatic ring is 1. The van der Waals surface area contributed by atoms with Crippen molar-refractivity contribution < 1.29 is 4.39 Å². The summed E-state index contributed by atoms with van der Waals surface area (Å²) in [5.74, 6) is 0.528. The van der Waals surface area contributed by atoms with Crippen LogP contribution in [0.3, 0.4) is 0 Å². The number of nitrogens with zero attached hydrogens (tertiary/aromatic N) is 1. The number of hydrogen-bond donors (Lipinski definition) is 2. The van der Waals surface area contributed by atoms with Crippen LogP contribution in [0.5, 0.6) is 0 Å². The summed E-state index contributed by atoms with van der Waals surface area (Å²) >= 11 is 5.94. The van der Waals surface area contributed by atoms with Gasteiger partial charge in [-0.1, -0.05) is 23.7 Å². The Morgan fingerprint density at radius 2 is 1.95 bits per heavy atom. The number of hydrogen-bond acceptors (Lipinski definition) is 2. The average Bonchev–Trinajstić information content (AvgIpc) is 2.75. The van der Waals surface area contributed by atoms with Crippen LogP contribution in [0.15, 0.2) is 36.4 Å². The van der Waals surface area contributed by atoms with Crippen LogP contribution < -0.4 is 5.73 Å². The standard InChI is InChI=1S/C14H11ClFN3/c15-9-6-11(17)14-12(7-9)18-13(19-14)5-8-1-3-10(16)4-2-8/h1-4,6-7H,5,17H2,(H,18,19). The number of H-pyrrole nitrogens is 1. The number of anilines is 1. The lowest BCUT2D eigenvalue weighted by Crippen LogP contribution is -1.91. The second-order valence-corrected chi connectivity index (χ2v) is 4.81. The first kappa shape index (κ1) is 12.0. The highest BCUT2D eigenvalue weighted by Crippen LogP contribution is 2.24. The number of aromatic amines is 1. The Morgan fingerprint density at radius 3 is 2.68 bits per heavy atom. The third-order valence-corrected chi connectivity index (χ3v) is 3.13.